The molecule has 0 radical (unpaired) electrons. The highest BCUT2D eigenvalue weighted by atomic mass is 32.2. The van der Waals surface area contributed by atoms with Gasteiger partial charge in [-0.15, -0.1) is 0 Å². The SMILES string of the molecule is C(=N\CCSCc1ccccc1)/c1nc2c(-c3ccccc3)ccc(-c3ccccc3)c2[nH]1. The third-order valence-corrected chi connectivity index (χ3v) is 6.53. The molecular weight excluding hydrogens is 422 g/mol. The van der Waals surface area contributed by atoms with Gasteiger partial charge in [-0.3, -0.25) is 4.99 Å². The van der Waals surface area contributed by atoms with Crippen LogP contribution in [-0.2, 0) is 5.75 Å². The largest absolute Gasteiger partial charge is 0.337 e. The lowest BCUT2D eigenvalue weighted by Crippen LogP contribution is -1.90. The van der Waals surface area contributed by atoms with Crippen LogP contribution in [0.15, 0.2) is 108 Å². The second kappa shape index (κ2) is 10.3. The molecule has 162 valence electrons. The Balaban J connectivity index is 1.38. The number of fused-ring (bicyclic) bond motifs is 1. The van der Waals surface area contributed by atoms with E-state index < -0.39 is 0 Å². The lowest BCUT2D eigenvalue weighted by Gasteiger charge is -2.07. The van der Waals surface area contributed by atoms with Crippen LogP contribution in [0.3, 0.4) is 0 Å². The van der Waals surface area contributed by atoms with Gasteiger partial charge in [0, 0.05) is 29.2 Å². The van der Waals surface area contributed by atoms with E-state index >= 15 is 0 Å². The van der Waals surface area contributed by atoms with Crippen LogP contribution >= 0.6 is 11.8 Å². The van der Waals surface area contributed by atoms with Crippen molar-refractivity contribution in [2.24, 2.45) is 4.99 Å². The summed E-state index contributed by atoms with van der Waals surface area (Å²) >= 11 is 1.90. The Hall–Kier alpha value is -3.63. The summed E-state index contributed by atoms with van der Waals surface area (Å²) in [4.78, 5) is 13.1. The molecule has 3 nitrogen and oxygen atoms in total. The number of aromatic amines is 1. The maximum atomic E-state index is 4.93. The molecule has 0 saturated carbocycles. The quantitative estimate of drug-likeness (QED) is 0.201. The first-order valence-electron chi connectivity index (χ1n) is 11.1. The number of nitrogens with zero attached hydrogens (tertiary/aromatic N) is 2. The van der Waals surface area contributed by atoms with Crippen LogP contribution in [0.2, 0.25) is 0 Å². The Kier molecular flexibility index (Phi) is 6.64. The van der Waals surface area contributed by atoms with E-state index in [1.165, 1.54) is 11.1 Å². The highest BCUT2D eigenvalue weighted by Crippen LogP contribution is 2.34. The molecule has 0 aliphatic carbocycles. The molecule has 0 aliphatic heterocycles. The average molecular weight is 448 g/mol. The molecule has 0 atom stereocenters. The van der Waals surface area contributed by atoms with Gasteiger partial charge in [0.05, 0.1) is 17.2 Å². The summed E-state index contributed by atoms with van der Waals surface area (Å²) in [5.74, 6) is 2.79. The van der Waals surface area contributed by atoms with E-state index in [-0.39, 0.29) is 0 Å². The fourth-order valence-electron chi connectivity index (χ4n) is 3.91. The standard InChI is InChI=1S/C29H25N3S/c1-4-10-22(11-5-1)21-33-19-18-30-20-27-31-28-25(23-12-6-2-7-13-23)16-17-26(29(28)32-27)24-14-8-3-9-15-24/h1-17,20H,18-19,21H2,(H,31,32)/b30-20+. The van der Waals surface area contributed by atoms with Crippen LogP contribution in [-0.4, -0.2) is 28.5 Å². The van der Waals surface area contributed by atoms with Crippen molar-refractivity contribution in [2.45, 2.75) is 5.75 Å². The van der Waals surface area contributed by atoms with Gasteiger partial charge >= 0.3 is 0 Å². The highest BCUT2D eigenvalue weighted by Gasteiger charge is 2.13. The van der Waals surface area contributed by atoms with Crippen molar-refractivity contribution in [1.29, 1.82) is 0 Å². The van der Waals surface area contributed by atoms with E-state index in [4.69, 9.17) is 4.98 Å². The number of imidazole rings is 1. The van der Waals surface area contributed by atoms with E-state index in [1.807, 2.05) is 30.1 Å². The van der Waals surface area contributed by atoms with Gasteiger partial charge < -0.3 is 4.98 Å². The van der Waals surface area contributed by atoms with Gasteiger partial charge in [-0.25, -0.2) is 4.98 Å². The summed E-state index contributed by atoms with van der Waals surface area (Å²) in [5.41, 5.74) is 7.98. The first kappa shape index (κ1) is 21.2. The molecular formula is C29H25N3S. The Labute approximate surface area is 198 Å². The van der Waals surface area contributed by atoms with E-state index in [0.29, 0.717) is 0 Å². The first-order valence-corrected chi connectivity index (χ1v) is 12.3. The van der Waals surface area contributed by atoms with E-state index in [0.717, 1.165) is 51.6 Å². The zero-order valence-electron chi connectivity index (χ0n) is 18.3. The minimum atomic E-state index is 0.769. The van der Waals surface area contributed by atoms with Crippen molar-refractivity contribution < 1.29 is 0 Å². The first-order chi connectivity index (χ1) is 16.4. The number of aromatic nitrogens is 2. The van der Waals surface area contributed by atoms with Crippen LogP contribution in [0.1, 0.15) is 11.4 Å². The molecule has 0 fully saturated rings. The van der Waals surface area contributed by atoms with Crippen LogP contribution in [0.4, 0.5) is 0 Å². The van der Waals surface area contributed by atoms with Crippen molar-refractivity contribution in [1.82, 2.24) is 9.97 Å². The molecule has 5 rings (SSSR count). The summed E-state index contributed by atoms with van der Waals surface area (Å²) in [7, 11) is 0. The van der Waals surface area contributed by atoms with Crippen molar-refractivity contribution in [3.8, 4) is 22.3 Å². The molecule has 0 unspecified atom stereocenters. The molecule has 0 saturated heterocycles. The molecule has 4 aromatic carbocycles. The minimum Gasteiger partial charge on any atom is -0.337 e. The van der Waals surface area contributed by atoms with E-state index in [9.17, 15) is 0 Å². The molecule has 0 spiro atoms. The van der Waals surface area contributed by atoms with Gasteiger partial charge in [-0.1, -0.05) is 103 Å². The van der Waals surface area contributed by atoms with Crippen LogP contribution < -0.4 is 0 Å². The number of thioether (sulfide) groups is 1. The fourth-order valence-corrected chi connectivity index (χ4v) is 4.72. The van der Waals surface area contributed by atoms with Gasteiger partial charge in [0.15, 0.2) is 0 Å². The summed E-state index contributed by atoms with van der Waals surface area (Å²) < 4.78 is 0. The lowest BCUT2D eigenvalue weighted by atomic mass is 9.98. The predicted molar refractivity (Wildman–Crippen MR) is 142 cm³/mol. The zero-order chi connectivity index (χ0) is 22.3. The van der Waals surface area contributed by atoms with Crippen LogP contribution in [0.5, 0.6) is 0 Å². The maximum absolute atomic E-state index is 4.93. The van der Waals surface area contributed by atoms with Gasteiger partial charge in [-0.05, 0) is 16.7 Å². The number of H-pyrrole nitrogens is 1. The smallest absolute Gasteiger partial charge is 0.149 e. The molecule has 1 heterocycles. The Morgan fingerprint density at radius 1 is 0.727 bits per heavy atom. The van der Waals surface area contributed by atoms with Gasteiger partial charge in [0.1, 0.15) is 5.82 Å². The Bertz CT molecular complexity index is 1270. The molecule has 1 aromatic heterocycles. The molecule has 0 amide bonds. The summed E-state index contributed by atoms with van der Waals surface area (Å²) in [6, 6.07) is 35.8. The summed E-state index contributed by atoms with van der Waals surface area (Å²) in [6.45, 7) is 0.769. The summed E-state index contributed by atoms with van der Waals surface area (Å²) in [6.07, 6.45) is 1.87. The fraction of sp³-hybridized carbons (Fsp3) is 0.103. The number of rotatable bonds is 8. The topological polar surface area (TPSA) is 41.0 Å². The minimum absolute atomic E-state index is 0.769. The van der Waals surface area contributed by atoms with Crippen molar-refractivity contribution in [2.75, 3.05) is 12.3 Å². The number of nitrogens with one attached hydrogen (secondary N) is 1. The second-order valence-corrected chi connectivity index (χ2v) is 8.92. The van der Waals surface area contributed by atoms with Crippen molar-refractivity contribution in [3.63, 3.8) is 0 Å². The normalized spacial score (nSPS) is 11.4. The number of aliphatic imine (C=N–C) groups is 1. The lowest BCUT2D eigenvalue weighted by molar-refractivity contribution is 1.14. The molecule has 0 bridgehead atoms. The molecule has 5 aromatic rings. The highest BCUT2D eigenvalue weighted by molar-refractivity contribution is 7.98. The van der Waals surface area contributed by atoms with Crippen LogP contribution in [0, 0.1) is 0 Å². The maximum Gasteiger partial charge on any atom is 0.149 e. The number of hydrogen-bond donors (Lipinski definition) is 1. The van der Waals surface area contributed by atoms with E-state index in [1.54, 1.807) is 0 Å². The van der Waals surface area contributed by atoms with Gasteiger partial charge in [0.2, 0.25) is 0 Å². The zero-order valence-corrected chi connectivity index (χ0v) is 19.1. The van der Waals surface area contributed by atoms with E-state index in [2.05, 4.69) is 101 Å². The van der Waals surface area contributed by atoms with Crippen LogP contribution in [0.25, 0.3) is 33.3 Å². The average Bonchev–Trinajstić information content (AvgIpc) is 3.31. The molecule has 1 N–H and O–H groups in total. The number of hydrogen-bond acceptors (Lipinski definition) is 3. The van der Waals surface area contributed by atoms with Crippen molar-refractivity contribution >= 4 is 29.0 Å². The molecule has 4 heteroatoms. The Morgan fingerprint density at radius 3 is 2.03 bits per heavy atom. The second-order valence-electron chi connectivity index (χ2n) is 7.81. The molecule has 33 heavy (non-hydrogen) atoms. The van der Waals surface area contributed by atoms with Crippen molar-refractivity contribution in [3.05, 3.63) is 115 Å². The monoisotopic (exact) mass is 447 g/mol. The summed E-state index contributed by atoms with van der Waals surface area (Å²) in [5, 5.41) is 0. The Morgan fingerprint density at radius 2 is 1.33 bits per heavy atom. The predicted octanol–water partition coefficient (Wildman–Crippen LogP) is 7.25. The number of benzene rings is 4. The third-order valence-electron chi connectivity index (χ3n) is 5.52. The molecule has 0 aliphatic rings. The van der Waals surface area contributed by atoms with Gasteiger partial charge in [0.25, 0.3) is 0 Å². The van der Waals surface area contributed by atoms with Gasteiger partial charge in [-0.2, -0.15) is 11.8 Å². The third kappa shape index (κ3) is 5.07.